The van der Waals surface area contributed by atoms with E-state index in [4.69, 9.17) is 9.47 Å². The third kappa shape index (κ3) is 8.01. The van der Waals surface area contributed by atoms with Gasteiger partial charge in [0.1, 0.15) is 0 Å². The summed E-state index contributed by atoms with van der Waals surface area (Å²) in [5.74, 6) is -1.09. The molecule has 1 aliphatic rings. The molecule has 0 saturated carbocycles. The molecule has 1 atom stereocenters. The van der Waals surface area contributed by atoms with E-state index in [0.717, 1.165) is 43.8 Å². The predicted molar refractivity (Wildman–Crippen MR) is 131 cm³/mol. The van der Waals surface area contributed by atoms with Gasteiger partial charge in [0.05, 0.1) is 25.1 Å². The monoisotopic (exact) mass is 484 g/mol. The van der Waals surface area contributed by atoms with Crippen LogP contribution in [-0.4, -0.2) is 62.4 Å². The molecule has 9 heteroatoms. The minimum absolute atomic E-state index is 0.133. The molecule has 0 aliphatic carbocycles. The van der Waals surface area contributed by atoms with Gasteiger partial charge in [-0.05, 0) is 24.6 Å². The molecule has 2 aromatic carbocycles. The minimum atomic E-state index is -0.799. The van der Waals surface area contributed by atoms with Gasteiger partial charge in [-0.1, -0.05) is 42.5 Å². The molecule has 1 unspecified atom stereocenters. The second-order valence-corrected chi connectivity index (χ2v) is 7.91. The molecule has 2 amide bonds. The number of hydrogen-bond acceptors (Lipinski definition) is 5. The third-order valence-electron chi connectivity index (χ3n) is 5.42. The Morgan fingerprint density at radius 2 is 1.71 bits per heavy atom. The average Bonchev–Trinajstić information content (AvgIpc) is 3.32. The number of hydrogen-bond donors (Lipinski definition) is 2. The van der Waals surface area contributed by atoms with E-state index in [0.29, 0.717) is 23.9 Å². The van der Waals surface area contributed by atoms with Gasteiger partial charge in [-0.2, -0.15) is 0 Å². The highest BCUT2D eigenvalue weighted by Crippen LogP contribution is 2.28. The number of pyridine rings is 1. The quantitative estimate of drug-likeness (QED) is 0.514. The Morgan fingerprint density at radius 1 is 1.03 bits per heavy atom. The van der Waals surface area contributed by atoms with Gasteiger partial charge < -0.3 is 20.1 Å². The molecule has 1 fully saturated rings. The van der Waals surface area contributed by atoms with Crippen molar-refractivity contribution in [1.82, 2.24) is 15.2 Å². The summed E-state index contributed by atoms with van der Waals surface area (Å²) in [6.45, 7) is 3.39. The number of ether oxygens (including phenoxy) is 2. The van der Waals surface area contributed by atoms with E-state index in [9.17, 15) is 13.6 Å². The molecule has 0 radical (unpaired) electrons. The van der Waals surface area contributed by atoms with Crippen LogP contribution < -0.4 is 15.4 Å². The Kier molecular flexibility index (Phi) is 9.94. The van der Waals surface area contributed by atoms with Gasteiger partial charge >= 0.3 is 6.03 Å². The highest BCUT2D eigenvalue weighted by Gasteiger charge is 2.24. The average molecular weight is 485 g/mol. The first kappa shape index (κ1) is 26.1. The van der Waals surface area contributed by atoms with Crippen LogP contribution in [0.1, 0.15) is 6.42 Å². The van der Waals surface area contributed by atoms with E-state index < -0.39 is 11.6 Å². The number of aromatic nitrogens is 1. The van der Waals surface area contributed by atoms with Gasteiger partial charge in [-0.25, -0.2) is 18.6 Å². The van der Waals surface area contributed by atoms with E-state index in [1.54, 1.807) is 20.3 Å². The zero-order chi connectivity index (χ0) is 25.0. The summed E-state index contributed by atoms with van der Waals surface area (Å²) >= 11 is 0. The van der Waals surface area contributed by atoms with Gasteiger partial charge in [0, 0.05) is 44.4 Å². The van der Waals surface area contributed by atoms with Crippen molar-refractivity contribution in [3.05, 3.63) is 78.4 Å². The maximum atomic E-state index is 12.5. The second-order valence-electron chi connectivity index (χ2n) is 7.91. The zero-order valence-electron chi connectivity index (χ0n) is 19.8. The van der Waals surface area contributed by atoms with Gasteiger partial charge in [-0.15, -0.1) is 0 Å². The van der Waals surface area contributed by atoms with E-state index in [1.165, 1.54) is 12.1 Å². The molecule has 7 nitrogen and oxygen atoms in total. The first-order chi connectivity index (χ1) is 17.0. The number of halogens is 2. The maximum absolute atomic E-state index is 12.5. The van der Waals surface area contributed by atoms with E-state index in [-0.39, 0.29) is 12.1 Å². The lowest BCUT2D eigenvalue weighted by molar-refractivity contribution is 0.160. The number of nitrogens with one attached hydrogen (secondary N) is 2. The van der Waals surface area contributed by atoms with Crippen LogP contribution in [0.3, 0.4) is 0 Å². The Bertz CT molecular complexity index is 1060. The molecule has 3 aromatic rings. The molecule has 1 saturated heterocycles. The van der Waals surface area contributed by atoms with Crippen LogP contribution in [0, 0.1) is 11.6 Å². The van der Waals surface area contributed by atoms with Crippen LogP contribution in [0.2, 0.25) is 0 Å². The molecule has 186 valence electrons. The number of carbonyl (C=O) groups excluding carboxylic acids is 1. The predicted octanol–water partition coefficient (Wildman–Crippen LogP) is 4.56. The highest BCUT2D eigenvalue weighted by atomic mass is 19.2. The van der Waals surface area contributed by atoms with Gasteiger partial charge in [0.25, 0.3) is 0 Å². The van der Waals surface area contributed by atoms with Crippen LogP contribution in [0.15, 0.2) is 66.7 Å². The fourth-order valence-corrected chi connectivity index (χ4v) is 3.63. The van der Waals surface area contributed by atoms with Crippen molar-refractivity contribution in [2.45, 2.75) is 12.5 Å². The van der Waals surface area contributed by atoms with Crippen molar-refractivity contribution >= 4 is 11.7 Å². The SMILES string of the molecule is COCCN1CCC(NC(=O)Nc2ccc(OC)nc2-c2ccccc2)C1.Fc1ccccc1F. The standard InChI is InChI=1S/C20H26N4O3.C6H4F2/c1-26-13-12-24-11-10-16(14-24)21-20(25)22-17-8-9-18(27-2)23-19(17)15-6-4-3-5-7-15;7-5-3-1-2-4-6(5)8/h3-9,16H,10-14H2,1-2H3,(H2,21,22,25);1-4H. The minimum Gasteiger partial charge on any atom is -0.481 e. The lowest BCUT2D eigenvalue weighted by Crippen LogP contribution is -2.40. The van der Waals surface area contributed by atoms with Crippen LogP contribution in [0.25, 0.3) is 11.3 Å². The number of amides is 2. The van der Waals surface area contributed by atoms with Crippen molar-refractivity contribution < 1.29 is 23.0 Å². The van der Waals surface area contributed by atoms with Crippen molar-refractivity contribution in [2.24, 2.45) is 0 Å². The number of urea groups is 1. The highest BCUT2D eigenvalue weighted by molar-refractivity contribution is 5.93. The van der Waals surface area contributed by atoms with Crippen LogP contribution in [-0.2, 0) is 4.74 Å². The first-order valence-corrected chi connectivity index (χ1v) is 11.3. The van der Waals surface area contributed by atoms with Crippen molar-refractivity contribution in [1.29, 1.82) is 0 Å². The summed E-state index contributed by atoms with van der Waals surface area (Å²) in [7, 11) is 3.28. The van der Waals surface area contributed by atoms with E-state index >= 15 is 0 Å². The summed E-state index contributed by atoms with van der Waals surface area (Å²) in [6, 6.07) is 18.2. The van der Waals surface area contributed by atoms with Gasteiger partial charge in [-0.3, -0.25) is 4.90 Å². The molecule has 0 bridgehead atoms. The molecule has 2 heterocycles. The van der Waals surface area contributed by atoms with Crippen LogP contribution in [0.4, 0.5) is 19.3 Å². The third-order valence-corrected chi connectivity index (χ3v) is 5.42. The Morgan fingerprint density at radius 3 is 2.34 bits per heavy atom. The summed E-state index contributed by atoms with van der Waals surface area (Å²) in [4.78, 5) is 19.3. The number of nitrogens with zero attached hydrogens (tertiary/aromatic N) is 2. The summed E-state index contributed by atoms with van der Waals surface area (Å²) < 4.78 is 34.2. The normalized spacial score (nSPS) is 15.1. The van der Waals surface area contributed by atoms with E-state index in [1.807, 2.05) is 36.4 Å². The zero-order valence-corrected chi connectivity index (χ0v) is 19.8. The summed E-state index contributed by atoms with van der Waals surface area (Å²) in [6.07, 6.45) is 0.934. The second kappa shape index (κ2) is 13.4. The molecule has 35 heavy (non-hydrogen) atoms. The van der Waals surface area contributed by atoms with Crippen LogP contribution in [0.5, 0.6) is 5.88 Å². The Labute approximate surface area is 204 Å². The molecule has 0 spiro atoms. The molecule has 1 aliphatic heterocycles. The van der Waals surface area contributed by atoms with E-state index in [2.05, 4.69) is 20.5 Å². The number of methoxy groups -OCH3 is 2. The number of benzene rings is 2. The Hall–Kier alpha value is -3.56. The van der Waals surface area contributed by atoms with Crippen molar-refractivity contribution in [3.63, 3.8) is 0 Å². The summed E-state index contributed by atoms with van der Waals surface area (Å²) in [5.41, 5.74) is 2.24. The Balaban J connectivity index is 0.000000363. The van der Waals surface area contributed by atoms with Gasteiger partial charge in [0.15, 0.2) is 11.6 Å². The lowest BCUT2D eigenvalue weighted by Gasteiger charge is -2.17. The maximum Gasteiger partial charge on any atom is 0.319 e. The molecule has 2 N–H and O–H groups in total. The molecule has 4 rings (SSSR count). The molecule has 1 aromatic heterocycles. The summed E-state index contributed by atoms with van der Waals surface area (Å²) in [5, 5.41) is 5.98. The first-order valence-electron chi connectivity index (χ1n) is 11.3. The fourth-order valence-electron chi connectivity index (χ4n) is 3.63. The van der Waals surface area contributed by atoms with Gasteiger partial charge in [0.2, 0.25) is 5.88 Å². The number of likely N-dealkylation sites (tertiary alicyclic amines) is 1. The lowest BCUT2D eigenvalue weighted by atomic mass is 10.1. The molecular weight excluding hydrogens is 454 g/mol. The largest absolute Gasteiger partial charge is 0.481 e. The van der Waals surface area contributed by atoms with Crippen molar-refractivity contribution in [2.75, 3.05) is 45.8 Å². The number of anilines is 1. The fraction of sp³-hybridized carbons (Fsp3) is 0.308. The topological polar surface area (TPSA) is 75.7 Å². The number of rotatable bonds is 7. The van der Waals surface area contributed by atoms with Crippen LogP contribution >= 0.6 is 0 Å². The molecular formula is C26H30F2N4O3. The smallest absolute Gasteiger partial charge is 0.319 e. The van der Waals surface area contributed by atoms with Crippen molar-refractivity contribution in [3.8, 4) is 17.1 Å². The number of carbonyl (C=O) groups is 1.